The molecule has 2 heteroatoms. The van der Waals surface area contributed by atoms with Crippen LogP contribution in [0.15, 0.2) is 30.3 Å². The van der Waals surface area contributed by atoms with E-state index in [0.717, 1.165) is 12.0 Å². The van der Waals surface area contributed by atoms with Crippen LogP contribution >= 0.6 is 0 Å². The Labute approximate surface area is 91.9 Å². The van der Waals surface area contributed by atoms with Crippen molar-refractivity contribution in [1.29, 1.82) is 0 Å². The molecule has 2 unspecified atom stereocenters. The molecule has 0 fully saturated rings. The average Bonchev–Trinajstić information content (AvgIpc) is 2.27. The predicted molar refractivity (Wildman–Crippen MR) is 61.7 cm³/mol. The molecule has 1 aromatic rings. The maximum atomic E-state index is 10.4. The van der Waals surface area contributed by atoms with Gasteiger partial charge in [-0.05, 0) is 24.8 Å². The zero-order valence-corrected chi connectivity index (χ0v) is 9.73. The summed E-state index contributed by atoms with van der Waals surface area (Å²) in [5.74, 6) is 0.180. The van der Waals surface area contributed by atoms with E-state index in [2.05, 4.69) is 0 Å². The topological polar surface area (TPSA) is 29.5 Å². The van der Waals surface area contributed by atoms with Crippen LogP contribution in [0.3, 0.4) is 0 Å². The number of hydrogen-bond donors (Lipinski definition) is 1. The lowest BCUT2D eigenvalue weighted by Crippen LogP contribution is -2.30. The van der Waals surface area contributed by atoms with Gasteiger partial charge in [0.2, 0.25) is 0 Å². The Bertz CT molecular complexity index is 280. The minimum Gasteiger partial charge on any atom is -0.385 e. The molecule has 84 valence electrons. The van der Waals surface area contributed by atoms with Gasteiger partial charge in [-0.15, -0.1) is 0 Å². The van der Waals surface area contributed by atoms with Crippen molar-refractivity contribution in [2.75, 3.05) is 13.7 Å². The standard InChI is InChI=1S/C13H20O2/c1-11(9-10-15-3)13(2,14)12-7-5-4-6-8-12/h4-8,11,14H,9-10H2,1-3H3. The van der Waals surface area contributed by atoms with Crippen molar-refractivity contribution in [3.8, 4) is 0 Å². The number of benzene rings is 1. The second-order valence-corrected chi connectivity index (χ2v) is 4.20. The largest absolute Gasteiger partial charge is 0.385 e. The van der Waals surface area contributed by atoms with E-state index in [-0.39, 0.29) is 5.92 Å². The molecule has 0 aliphatic heterocycles. The van der Waals surface area contributed by atoms with Crippen LogP contribution in [-0.4, -0.2) is 18.8 Å². The van der Waals surface area contributed by atoms with Crippen molar-refractivity contribution in [3.63, 3.8) is 0 Å². The fourth-order valence-electron chi connectivity index (χ4n) is 1.64. The summed E-state index contributed by atoms with van der Waals surface area (Å²) in [4.78, 5) is 0. The smallest absolute Gasteiger partial charge is 0.0894 e. The molecule has 1 rings (SSSR count). The normalized spacial score (nSPS) is 17.1. The summed E-state index contributed by atoms with van der Waals surface area (Å²) in [6.45, 7) is 4.60. The number of rotatable bonds is 5. The van der Waals surface area contributed by atoms with Gasteiger partial charge in [-0.1, -0.05) is 37.3 Å². The first-order valence-corrected chi connectivity index (χ1v) is 5.36. The maximum absolute atomic E-state index is 10.4. The van der Waals surface area contributed by atoms with Crippen LogP contribution in [0.5, 0.6) is 0 Å². The van der Waals surface area contributed by atoms with Gasteiger partial charge in [-0.2, -0.15) is 0 Å². The fraction of sp³-hybridized carbons (Fsp3) is 0.538. The first kappa shape index (κ1) is 12.2. The average molecular weight is 208 g/mol. The summed E-state index contributed by atoms with van der Waals surface area (Å²) in [6.07, 6.45) is 0.860. The molecule has 0 radical (unpaired) electrons. The second-order valence-electron chi connectivity index (χ2n) is 4.20. The molecule has 0 bridgehead atoms. The van der Waals surface area contributed by atoms with Crippen molar-refractivity contribution < 1.29 is 9.84 Å². The molecule has 0 saturated carbocycles. The van der Waals surface area contributed by atoms with Crippen molar-refractivity contribution in [1.82, 2.24) is 0 Å². The zero-order chi connectivity index (χ0) is 11.3. The highest BCUT2D eigenvalue weighted by atomic mass is 16.5. The van der Waals surface area contributed by atoms with E-state index in [9.17, 15) is 5.11 Å². The summed E-state index contributed by atoms with van der Waals surface area (Å²) >= 11 is 0. The lowest BCUT2D eigenvalue weighted by Gasteiger charge is -2.30. The van der Waals surface area contributed by atoms with E-state index in [1.165, 1.54) is 0 Å². The highest BCUT2D eigenvalue weighted by Crippen LogP contribution is 2.30. The summed E-state index contributed by atoms with van der Waals surface area (Å²) in [7, 11) is 1.68. The van der Waals surface area contributed by atoms with Crippen LogP contribution in [0.4, 0.5) is 0 Å². The minimum atomic E-state index is -0.778. The Morgan fingerprint density at radius 2 is 1.93 bits per heavy atom. The van der Waals surface area contributed by atoms with E-state index < -0.39 is 5.60 Å². The van der Waals surface area contributed by atoms with Gasteiger partial charge in [-0.25, -0.2) is 0 Å². The van der Waals surface area contributed by atoms with E-state index in [4.69, 9.17) is 4.74 Å². The third-order valence-electron chi connectivity index (χ3n) is 3.07. The molecule has 0 aliphatic rings. The molecule has 0 heterocycles. The monoisotopic (exact) mass is 208 g/mol. The molecule has 0 aromatic heterocycles. The maximum Gasteiger partial charge on any atom is 0.0894 e. The van der Waals surface area contributed by atoms with Crippen LogP contribution in [0, 0.1) is 5.92 Å². The molecule has 15 heavy (non-hydrogen) atoms. The molecule has 0 amide bonds. The quantitative estimate of drug-likeness (QED) is 0.806. The molecule has 2 atom stereocenters. The van der Waals surface area contributed by atoms with Gasteiger partial charge >= 0.3 is 0 Å². The van der Waals surface area contributed by atoms with Crippen molar-refractivity contribution in [3.05, 3.63) is 35.9 Å². The second kappa shape index (κ2) is 5.29. The lowest BCUT2D eigenvalue weighted by atomic mass is 9.82. The van der Waals surface area contributed by atoms with Crippen molar-refractivity contribution in [2.45, 2.75) is 25.9 Å². The van der Waals surface area contributed by atoms with Crippen LogP contribution in [0.1, 0.15) is 25.8 Å². The van der Waals surface area contributed by atoms with Crippen LogP contribution in [0.2, 0.25) is 0 Å². The van der Waals surface area contributed by atoms with E-state index >= 15 is 0 Å². The molecular weight excluding hydrogens is 188 g/mol. The van der Waals surface area contributed by atoms with Crippen LogP contribution in [0.25, 0.3) is 0 Å². The molecule has 1 aromatic carbocycles. The van der Waals surface area contributed by atoms with E-state index in [1.54, 1.807) is 7.11 Å². The molecular formula is C13H20O2. The number of aliphatic hydroxyl groups is 1. The van der Waals surface area contributed by atoms with Gasteiger partial charge in [0.15, 0.2) is 0 Å². The third-order valence-corrected chi connectivity index (χ3v) is 3.07. The summed E-state index contributed by atoms with van der Waals surface area (Å²) in [5.41, 5.74) is 0.188. The summed E-state index contributed by atoms with van der Waals surface area (Å²) in [5, 5.41) is 10.4. The Morgan fingerprint density at radius 1 is 1.33 bits per heavy atom. The fourth-order valence-corrected chi connectivity index (χ4v) is 1.64. The van der Waals surface area contributed by atoms with Crippen LogP contribution in [-0.2, 0) is 10.3 Å². The highest BCUT2D eigenvalue weighted by molar-refractivity contribution is 5.22. The van der Waals surface area contributed by atoms with Crippen LogP contribution < -0.4 is 0 Å². The van der Waals surface area contributed by atoms with Gasteiger partial charge < -0.3 is 9.84 Å². The predicted octanol–water partition coefficient (Wildman–Crippen LogP) is 2.57. The Hall–Kier alpha value is -0.860. The lowest BCUT2D eigenvalue weighted by molar-refractivity contribution is -0.0107. The first-order valence-electron chi connectivity index (χ1n) is 5.36. The minimum absolute atomic E-state index is 0.180. The Morgan fingerprint density at radius 3 is 2.47 bits per heavy atom. The number of ether oxygens (including phenoxy) is 1. The van der Waals surface area contributed by atoms with Gasteiger partial charge in [0.25, 0.3) is 0 Å². The van der Waals surface area contributed by atoms with Crippen molar-refractivity contribution >= 4 is 0 Å². The Kier molecular flexibility index (Phi) is 4.30. The molecule has 1 N–H and O–H groups in total. The van der Waals surface area contributed by atoms with Gasteiger partial charge in [-0.3, -0.25) is 0 Å². The molecule has 0 aliphatic carbocycles. The first-order chi connectivity index (χ1) is 7.09. The zero-order valence-electron chi connectivity index (χ0n) is 9.73. The van der Waals surface area contributed by atoms with Gasteiger partial charge in [0.1, 0.15) is 0 Å². The molecule has 0 saturated heterocycles. The van der Waals surface area contributed by atoms with Crippen molar-refractivity contribution in [2.24, 2.45) is 5.92 Å². The summed E-state index contributed by atoms with van der Waals surface area (Å²) in [6, 6.07) is 9.78. The summed E-state index contributed by atoms with van der Waals surface area (Å²) < 4.78 is 5.03. The SMILES string of the molecule is COCCC(C)C(C)(O)c1ccccc1. The van der Waals surface area contributed by atoms with E-state index in [1.807, 2.05) is 44.2 Å². The van der Waals surface area contributed by atoms with E-state index in [0.29, 0.717) is 6.61 Å². The van der Waals surface area contributed by atoms with Gasteiger partial charge in [0, 0.05) is 13.7 Å². The number of methoxy groups -OCH3 is 1. The Balaban J connectivity index is 2.73. The molecule has 2 nitrogen and oxygen atoms in total. The molecule has 0 spiro atoms. The highest BCUT2D eigenvalue weighted by Gasteiger charge is 2.29. The third kappa shape index (κ3) is 3.05. The number of hydrogen-bond acceptors (Lipinski definition) is 2. The van der Waals surface area contributed by atoms with Gasteiger partial charge in [0.05, 0.1) is 5.60 Å².